The van der Waals surface area contributed by atoms with Crippen molar-refractivity contribution in [3.05, 3.63) is 76.6 Å². The van der Waals surface area contributed by atoms with Gasteiger partial charge in [0, 0.05) is 13.1 Å². The molecule has 166 valence electrons. The third-order valence-corrected chi connectivity index (χ3v) is 5.28. The van der Waals surface area contributed by atoms with Crippen LogP contribution >= 0.6 is 0 Å². The Hall–Kier alpha value is -4.54. The van der Waals surface area contributed by atoms with E-state index in [1.54, 1.807) is 22.2 Å². The number of aryl methyl sites for hydroxylation is 2. The molecule has 4 aromatic heterocycles. The van der Waals surface area contributed by atoms with Crippen molar-refractivity contribution in [2.24, 2.45) is 0 Å². The van der Waals surface area contributed by atoms with Crippen molar-refractivity contribution in [2.45, 2.75) is 26.8 Å². The lowest BCUT2D eigenvalue weighted by Crippen LogP contribution is -2.29. The van der Waals surface area contributed by atoms with Gasteiger partial charge in [-0.05, 0) is 37.6 Å². The number of anilines is 2. The van der Waals surface area contributed by atoms with E-state index in [-0.39, 0.29) is 17.3 Å². The topological polar surface area (TPSA) is 142 Å². The van der Waals surface area contributed by atoms with Gasteiger partial charge in [0.05, 0.1) is 11.7 Å². The third kappa shape index (κ3) is 3.49. The summed E-state index contributed by atoms with van der Waals surface area (Å²) >= 11 is 0. The van der Waals surface area contributed by atoms with E-state index in [4.69, 9.17) is 15.2 Å². The quantitative estimate of drug-likeness (QED) is 0.419. The number of fused-ring (bicyclic) bond motifs is 1. The Morgan fingerprint density at radius 1 is 1.09 bits per heavy atom. The first kappa shape index (κ1) is 20.4. The molecule has 5 rings (SSSR count). The largest absolute Gasteiger partial charge is 0.421 e. The Bertz CT molecular complexity index is 1520. The SMILES string of the molecule is Cc1nnc(-c2c(N)ncnc2N[C@@H](C)c2nn3ccc(C)c3c(=O)n2-c2ccccc2)o1. The number of rotatable bonds is 5. The normalized spacial score (nSPS) is 12.2. The summed E-state index contributed by atoms with van der Waals surface area (Å²) in [5.41, 5.74) is 8.39. The standard InChI is InChI=1S/C22H21N9O2/c1-12-9-10-30-17(12)22(32)31(15-7-5-4-6-8-15)20(29-30)13(2)26-19-16(18(23)24-11-25-19)21-28-27-14(3)33-21/h4-11,13H,1-3H3,(H3,23,24,25,26)/t13-/m0/s1. The van der Waals surface area contributed by atoms with E-state index in [9.17, 15) is 4.79 Å². The maximum atomic E-state index is 13.5. The van der Waals surface area contributed by atoms with E-state index in [0.29, 0.717) is 34.3 Å². The van der Waals surface area contributed by atoms with Gasteiger partial charge in [0.1, 0.15) is 29.0 Å². The van der Waals surface area contributed by atoms with Crippen LogP contribution in [-0.4, -0.2) is 34.3 Å². The summed E-state index contributed by atoms with van der Waals surface area (Å²) in [5, 5.41) is 16.0. The molecule has 3 N–H and O–H groups in total. The number of nitrogens with one attached hydrogen (secondary N) is 1. The summed E-state index contributed by atoms with van der Waals surface area (Å²) in [6.45, 7) is 5.45. The van der Waals surface area contributed by atoms with E-state index >= 15 is 0 Å². The van der Waals surface area contributed by atoms with E-state index in [1.165, 1.54) is 6.33 Å². The minimum absolute atomic E-state index is 0.169. The average molecular weight is 443 g/mol. The zero-order valence-corrected chi connectivity index (χ0v) is 18.2. The number of aromatic nitrogens is 7. The molecular formula is C22H21N9O2. The Kier molecular flexibility index (Phi) is 4.85. The number of nitrogens with zero attached hydrogens (tertiary/aromatic N) is 7. The Morgan fingerprint density at radius 3 is 2.61 bits per heavy atom. The van der Waals surface area contributed by atoms with Crippen molar-refractivity contribution in [3.8, 4) is 17.1 Å². The Morgan fingerprint density at radius 2 is 1.88 bits per heavy atom. The molecule has 0 aliphatic heterocycles. The summed E-state index contributed by atoms with van der Waals surface area (Å²) in [5.74, 6) is 1.65. The highest BCUT2D eigenvalue weighted by Gasteiger charge is 2.23. The Labute approximate surface area is 187 Å². The molecule has 0 aliphatic carbocycles. The fourth-order valence-electron chi connectivity index (χ4n) is 3.73. The maximum Gasteiger partial charge on any atom is 0.282 e. The van der Waals surface area contributed by atoms with Crippen molar-refractivity contribution in [3.63, 3.8) is 0 Å². The first-order valence-corrected chi connectivity index (χ1v) is 10.3. The molecule has 11 heteroatoms. The second kappa shape index (κ2) is 7.86. The predicted molar refractivity (Wildman–Crippen MR) is 122 cm³/mol. The summed E-state index contributed by atoms with van der Waals surface area (Å²) in [6.07, 6.45) is 3.11. The number of para-hydroxylation sites is 1. The van der Waals surface area contributed by atoms with Crippen LogP contribution in [0.25, 0.3) is 22.7 Å². The van der Waals surface area contributed by atoms with Crippen molar-refractivity contribution >= 4 is 17.2 Å². The first-order valence-electron chi connectivity index (χ1n) is 10.3. The van der Waals surface area contributed by atoms with Gasteiger partial charge in [0.15, 0.2) is 5.82 Å². The van der Waals surface area contributed by atoms with Crippen LogP contribution in [0.4, 0.5) is 11.6 Å². The van der Waals surface area contributed by atoms with Crippen LogP contribution in [0.5, 0.6) is 0 Å². The molecule has 1 atom stereocenters. The zero-order valence-electron chi connectivity index (χ0n) is 18.2. The van der Waals surface area contributed by atoms with Crippen LogP contribution in [0.15, 0.2) is 58.1 Å². The second-order valence-electron chi connectivity index (χ2n) is 7.60. The highest BCUT2D eigenvalue weighted by molar-refractivity contribution is 5.78. The smallest absolute Gasteiger partial charge is 0.282 e. The molecule has 0 fully saturated rings. The molecular weight excluding hydrogens is 422 g/mol. The van der Waals surface area contributed by atoms with Crippen LogP contribution in [-0.2, 0) is 0 Å². The van der Waals surface area contributed by atoms with Gasteiger partial charge >= 0.3 is 0 Å². The number of benzene rings is 1. The lowest BCUT2D eigenvalue weighted by atomic mass is 10.2. The zero-order chi connectivity index (χ0) is 23.1. The van der Waals surface area contributed by atoms with E-state index in [0.717, 1.165) is 5.56 Å². The molecule has 0 amide bonds. The average Bonchev–Trinajstić information content (AvgIpc) is 3.40. The number of hydrogen-bond donors (Lipinski definition) is 2. The van der Waals surface area contributed by atoms with Gasteiger partial charge in [-0.1, -0.05) is 18.2 Å². The van der Waals surface area contributed by atoms with Gasteiger partial charge in [0.2, 0.25) is 5.89 Å². The monoisotopic (exact) mass is 443 g/mol. The fourth-order valence-corrected chi connectivity index (χ4v) is 3.73. The van der Waals surface area contributed by atoms with Gasteiger partial charge in [-0.15, -0.1) is 10.2 Å². The molecule has 0 aliphatic rings. The molecule has 1 aromatic carbocycles. The predicted octanol–water partition coefficient (Wildman–Crippen LogP) is 2.70. The van der Waals surface area contributed by atoms with E-state index in [1.807, 2.05) is 50.2 Å². The molecule has 5 aromatic rings. The lowest BCUT2D eigenvalue weighted by molar-refractivity contribution is 0.532. The van der Waals surface area contributed by atoms with Gasteiger partial charge in [-0.3, -0.25) is 9.36 Å². The first-order chi connectivity index (χ1) is 15.9. The summed E-state index contributed by atoms with van der Waals surface area (Å²) in [4.78, 5) is 21.9. The second-order valence-corrected chi connectivity index (χ2v) is 7.60. The molecule has 0 saturated heterocycles. The van der Waals surface area contributed by atoms with Crippen LogP contribution in [0.3, 0.4) is 0 Å². The Balaban J connectivity index is 1.66. The van der Waals surface area contributed by atoms with Crippen LogP contribution in [0.2, 0.25) is 0 Å². The number of nitrogens with two attached hydrogens (primary N) is 1. The minimum Gasteiger partial charge on any atom is -0.421 e. The lowest BCUT2D eigenvalue weighted by Gasteiger charge is -2.20. The van der Waals surface area contributed by atoms with Crippen LogP contribution in [0, 0.1) is 13.8 Å². The molecule has 4 heterocycles. The van der Waals surface area contributed by atoms with Gasteiger partial charge in [0.25, 0.3) is 11.4 Å². The highest BCUT2D eigenvalue weighted by atomic mass is 16.4. The minimum atomic E-state index is -0.456. The van der Waals surface area contributed by atoms with Crippen molar-refractivity contribution in [1.29, 1.82) is 0 Å². The van der Waals surface area contributed by atoms with Gasteiger partial charge in [-0.25, -0.2) is 14.5 Å². The van der Waals surface area contributed by atoms with E-state index in [2.05, 4.69) is 25.5 Å². The third-order valence-electron chi connectivity index (χ3n) is 5.28. The highest BCUT2D eigenvalue weighted by Crippen LogP contribution is 2.31. The molecule has 0 bridgehead atoms. The van der Waals surface area contributed by atoms with Crippen molar-refractivity contribution in [1.82, 2.24) is 34.3 Å². The molecule has 0 unspecified atom stereocenters. The summed E-state index contributed by atoms with van der Waals surface area (Å²) in [7, 11) is 0. The van der Waals surface area contributed by atoms with Crippen LogP contribution in [0.1, 0.15) is 30.2 Å². The van der Waals surface area contributed by atoms with Gasteiger partial charge in [-0.2, -0.15) is 5.10 Å². The number of hydrogen-bond acceptors (Lipinski definition) is 9. The molecule has 11 nitrogen and oxygen atoms in total. The molecule has 0 saturated carbocycles. The maximum absolute atomic E-state index is 13.5. The van der Waals surface area contributed by atoms with Gasteiger partial charge < -0.3 is 15.5 Å². The molecule has 33 heavy (non-hydrogen) atoms. The number of nitrogen functional groups attached to an aromatic ring is 1. The van der Waals surface area contributed by atoms with Crippen molar-refractivity contribution in [2.75, 3.05) is 11.1 Å². The fraction of sp³-hybridized carbons (Fsp3) is 0.182. The molecule has 0 radical (unpaired) electrons. The van der Waals surface area contributed by atoms with Crippen LogP contribution < -0.4 is 16.6 Å². The molecule has 0 spiro atoms. The van der Waals surface area contributed by atoms with E-state index < -0.39 is 6.04 Å². The summed E-state index contributed by atoms with van der Waals surface area (Å²) < 4.78 is 8.75. The summed E-state index contributed by atoms with van der Waals surface area (Å²) in [6, 6.07) is 10.8. The van der Waals surface area contributed by atoms with Crippen molar-refractivity contribution < 1.29 is 4.42 Å².